The largest absolute Gasteiger partial charge is 0.376 e. The van der Waals surface area contributed by atoms with Crippen molar-refractivity contribution < 1.29 is 14.3 Å². The van der Waals surface area contributed by atoms with Crippen molar-refractivity contribution in [1.82, 2.24) is 10.2 Å². The second-order valence-electron chi connectivity index (χ2n) is 5.70. The lowest BCUT2D eigenvalue weighted by molar-refractivity contribution is 0.0517. The Hall–Kier alpha value is -1.07. The summed E-state index contributed by atoms with van der Waals surface area (Å²) in [6, 6.07) is 0.274. The number of nitrogens with one attached hydrogen (secondary N) is 1. The maximum Gasteiger partial charge on any atom is 0.317 e. The molecule has 2 heterocycles. The fraction of sp³-hybridized carbons (Fsp3) is 0.800. The summed E-state index contributed by atoms with van der Waals surface area (Å²) in [5.74, 6) is 0. The lowest BCUT2D eigenvalue weighted by Crippen LogP contribution is -2.48. The first-order valence-electron chi connectivity index (χ1n) is 7.56. The van der Waals surface area contributed by atoms with E-state index in [4.69, 9.17) is 9.47 Å². The molecule has 0 unspecified atom stereocenters. The van der Waals surface area contributed by atoms with Crippen LogP contribution in [0.1, 0.15) is 32.6 Å². The molecule has 5 nitrogen and oxygen atoms in total. The van der Waals surface area contributed by atoms with Crippen LogP contribution in [-0.4, -0.2) is 56.0 Å². The number of carbonyl (C=O) groups excluding carboxylic acids is 1. The highest BCUT2D eigenvalue weighted by Crippen LogP contribution is 2.27. The van der Waals surface area contributed by atoms with Gasteiger partial charge in [-0.05, 0) is 32.6 Å². The van der Waals surface area contributed by atoms with Crippen molar-refractivity contribution in [3.05, 3.63) is 12.2 Å². The molecule has 2 fully saturated rings. The molecular weight excluding hydrogens is 256 g/mol. The Labute approximate surface area is 121 Å². The average molecular weight is 282 g/mol. The van der Waals surface area contributed by atoms with E-state index >= 15 is 0 Å². The van der Waals surface area contributed by atoms with E-state index in [1.165, 1.54) is 0 Å². The van der Waals surface area contributed by atoms with Crippen LogP contribution in [0.25, 0.3) is 0 Å². The fourth-order valence-electron chi connectivity index (χ4n) is 2.92. The van der Waals surface area contributed by atoms with Crippen molar-refractivity contribution in [3.63, 3.8) is 0 Å². The van der Waals surface area contributed by atoms with Gasteiger partial charge in [-0.1, -0.05) is 12.2 Å². The number of nitrogens with zero attached hydrogens (tertiary/aromatic N) is 1. The van der Waals surface area contributed by atoms with Crippen LogP contribution >= 0.6 is 0 Å². The van der Waals surface area contributed by atoms with E-state index in [0.29, 0.717) is 19.8 Å². The summed E-state index contributed by atoms with van der Waals surface area (Å²) in [5, 5.41) is 2.93. The number of urea groups is 1. The molecule has 5 heteroatoms. The Kier molecular flexibility index (Phi) is 5.86. The third kappa shape index (κ3) is 4.21. The van der Waals surface area contributed by atoms with E-state index in [0.717, 1.165) is 44.4 Å². The predicted molar refractivity (Wildman–Crippen MR) is 77.7 cm³/mol. The highest BCUT2D eigenvalue weighted by atomic mass is 16.5. The van der Waals surface area contributed by atoms with Crippen LogP contribution in [-0.2, 0) is 9.47 Å². The Bertz CT molecular complexity index is 340. The Balaban J connectivity index is 1.69. The lowest BCUT2D eigenvalue weighted by atomic mass is 10.1. The van der Waals surface area contributed by atoms with Gasteiger partial charge >= 0.3 is 6.03 Å². The molecule has 0 aromatic heterocycles. The van der Waals surface area contributed by atoms with Gasteiger partial charge in [0.1, 0.15) is 0 Å². The molecule has 0 bridgehead atoms. The Morgan fingerprint density at radius 1 is 1.45 bits per heavy atom. The summed E-state index contributed by atoms with van der Waals surface area (Å²) in [7, 11) is 0. The number of amides is 2. The van der Waals surface area contributed by atoms with Crippen LogP contribution in [0.4, 0.5) is 4.79 Å². The summed E-state index contributed by atoms with van der Waals surface area (Å²) in [6.45, 7) is 8.99. The molecule has 2 aliphatic heterocycles. The summed E-state index contributed by atoms with van der Waals surface area (Å²) in [4.78, 5) is 14.1. The minimum Gasteiger partial charge on any atom is -0.376 e. The molecule has 2 saturated heterocycles. The standard InChI is InChI=1S/C15H26N2O3/c1-12(2)11-19-10-7-16-15(18)17-8-3-5-13(17)14-6-4-9-20-14/h13-14H,1,3-11H2,2H3,(H,16,18)/t13-,14+/m0/s1. The fourth-order valence-corrected chi connectivity index (χ4v) is 2.92. The summed E-state index contributed by atoms with van der Waals surface area (Å²) in [5.41, 5.74) is 0.995. The molecule has 2 rings (SSSR count). The molecule has 2 amide bonds. The molecular formula is C15H26N2O3. The molecule has 0 saturated carbocycles. The number of hydrogen-bond acceptors (Lipinski definition) is 3. The zero-order chi connectivity index (χ0) is 14.4. The van der Waals surface area contributed by atoms with E-state index < -0.39 is 0 Å². The van der Waals surface area contributed by atoms with E-state index in [2.05, 4.69) is 11.9 Å². The molecule has 0 aromatic rings. The van der Waals surface area contributed by atoms with Crippen molar-refractivity contribution in [2.24, 2.45) is 0 Å². The molecule has 2 aliphatic rings. The lowest BCUT2D eigenvalue weighted by Gasteiger charge is -2.29. The van der Waals surface area contributed by atoms with Crippen molar-refractivity contribution in [3.8, 4) is 0 Å². The first kappa shape index (κ1) is 15.3. The SMILES string of the molecule is C=C(C)COCCNC(=O)N1CCC[C@H]1[C@H]1CCCO1. The van der Waals surface area contributed by atoms with Crippen LogP contribution in [0.5, 0.6) is 0 Å². The molecule has 2 atom stereocenters. The van der Waals surface area contributed by atoms with Gasteiger partial charge in [-0.25, -0.2) is 4.79 Å². The van der Waals surface area contributed by atoms with Crippen molar-refractivity contribution >= 4 is 6.03 Å². The quantitative estimate of drug-likeness (QED) is 0.598. The van der Waals surface area contributed by atoms with Gasteiger partial charge < -0.3 is 19.7 Å². The average Bonchev–Trinajstić information content (AvgIpc) is 3.08. The smallest absolute Gasteiger partial charge is 0.317 e. The number of ether oxygens (including phenoxy) is 2. The van der Waals surface area contributed by atoms with E-state index in [1.807, 2.05) is 11.8 Å². The normalized spacial score (nSPS) is 25.9. The van der Waals surface area contributed by atoms with Gasteiger partial charge in [0, 0.05) is 19.7 Å². The minimum absolute atomic E-state index is 0.0157. The second kappa shape index (κ2) is 7.64. The topological polar surface area (TPSA) is 50.8 Å². The Morgan fingerprint density at radius 2 is 2.30 bits per heavy atom. The van der Waals surface area contributed by atoms with Gasteiger partial charge in [0.25, 0.3) is 0 Å². The minimum atomic E-state index is 0.0157. The van der Waals surface area contributed by atoms with Crippen molar-refractivity contribution in [1.29, 1.82) is 0 Å². The van der Waals surface area contributed by atoms with Crippen LogP contribution in [0, 0.1) is 0 Å². The van der Waals surface area contributed by atoms with Crippen LogP contribution < -0.4 is 5.32 Å². The van der Waals surface area contributed by atoms with Gasteiger partial charge in [0.05, 0.1) is 25.4 Å². The second-order valence-corrected chi connectivity index (χ2v) is 5.70. The van der Waals surface area contributed by atoms with Gasteiger partial charge in [0.2, 0.25) is 0 Å². The maximum absolute atomic E-state index is 12.2. The Morgan fingerprint density at radius 3 is 3.00 bits per heavy atom. The first-order valence-corrected chi connectivity index (χ1v) is 7.56. The van der Waals surface area contributed by atoms with Crippen molar-refractivity contribution in [2.75, 3.05) is 32.9 Å². The summed E-state index contributed by atoms with van der Waals surface area (Å²) in [6.07, 6.45) is 4.57. The predicted octanol–water partition coefficient (Wildman–Crippen LogP) is 1.93. The maximum atomic E-state index is 12.2. The van der Waals surface area contributed by atoms with E-state index in [1.54, 1.807) is 0 Å². The highest BCUT2D eigenvalue weighted by Gasteiger charge is 2.36. The first-order chi connectivity index (χ1) is 9.68. The van der Waals surface area contributed by atoms with E-state index in [-0.39, 0.29) is 18.2 Å². The van der Waals surface area contributed by atoms with Crippen LogP contribution in [0.3, 0.4) is 0 Å². The molecule has 0 aromatic carbocycles. The number of hydrogen-bond donors (Lipinski definition) is 1. The number of likely N-dealkylation sites (tertiary alicyclic amines) is 1. The number of carbonyl (C=O) groups is 1. The van der Waals surface area contributed by atoms with Crippen LogP contribution in [0.15, 0.2) is 12.2 Å². The third-order valence-corrected chi connectivity index (χ3v) is 3.83. The highest BCUT2D eigenvalue weighted by molar-refractivity contribution is 5.74. The molecule has 114 valence electrons. The molecule has 0 spiro atoms. The molecule has 20 heavy (non-hydrogen) atoms. The van der Waals surface area contributed by atoms with Gasteiger partial charge in [-0.15, -0.1) is 0 Å². The summed E-state index contributed by atoms with van der Waals surface area (Å²) >= 11 is 0. The molecule has 1 N–H and O–H groups in total. The third-order valence-electron chi connectivity index (χ3n) is 3.83. The van der Waals surface area contributed by atoms with Gasteiger partial charge in [-0.3, -0.25) is 0 Å². The van der Waals surface area contributed by atoms with Gasteiger partial charge in [0.15, 0.2) is 0 Å². The zero-order valence-corrected chi connectivity index (χ0v) is 12.4. The van der Waals surface area contributed by atoms with Crippen LogP contribution in [0.2, 0.25) is 0 Å². The van der Waals surface area contributed by atoms with Crippen molar-refractivity contribution in [2.45, 2.75) is 44.8 Å². The van der Waals surface area contributed by atoms with Gasteiger partial charge in [-0.2, -0.15) is 0 Å². The monoisotopic (exact) mass is 282 g/mol. The zero-order valence-electron chi connectivity index (χ0n) is 12.4. The molecule has 0 radical (unpaired) electrons. The molecule has 0 aliphatic carbocycles. The number of rotatable bonds is 6. The van der Waals surface area contributed by atoms with E-state index in [9.17, 15) is 4.79 Å². The summed E-state index contributed by atoms with van der Waals surface area (Å²) < 4.78 is 11.1.